The van der Waals surface area contributed by atoms with Crippen molar-refractivity contribution in [3.05, 3.63) is 36.5 Å². The van der Waals surface area contributed by atoms with Gasteiger partial charge in [-0.3, -0.25) is 4.79 Å². The van der Waals surface area contributed by atoms with E-state index in [1.165, 1.54) is 70.6 Å². The van der Waals surface area contributed by atoms with Gasteiger partial charge >= 0.3 is 0 Å². The topological polar surface area (TPSA) is 149 Å². The molecule has 1 fully saturated rings. The van der Waals surface area contributed by atoms with Gasteiger partial charge in [-0.2, -0.15) is 0 Å². The Bertz CT molecular complexity index is 848. The first-order valence-electron chi connectivity index (χ1n) is 19.2. The first-order valence-corrected chi connectivity index (χ1v) is 19.2. The molecule has 1 heterocycles. The van der Waals surface area contributed by atoms with Crippen LogP contribution in [0.1, 0.15) is 149 Å². The maximum Gasteiger partial charge on any atom is 0.220 e. The van der Waals surface area contributed by atoms with Crippen LogP contribution in [0.15, 0.2) is 36.5 Å². The highest BCUT2D eigenvalue weighted by Crippen LogP contribution is 2.22. The molecule has 0 spiro atoms. The third-order valence-electron chi connectivity index (χ3n) is 8.94. The summed E-state index contributed by atoms with van der Waals surface area (Å²) in [5, 5.41) is 53.8. The van der Waals surface area contributed by atoms with Crippen molar-refractivity contribution >= 4 is 5.91 Å². The molecule has 280 valence electrons. The maximum atomic E-state index is 12.8. The van der Waals surface area contributed by atoms with E-state index in [0.717, 1.165) is 57.8 Å². The second kappa shape index (κ2) is 30.3. The highest BCUT2D eigenvalue weighted by molar-refractivity contribution is 5.76. The lowest BCUT2D eigenvalue weighted by molar-refractivity contribution is -0.302. The summed E-state index contributed by atoms with van der Waals surface area (Å²) in [5.41, 5.74) is 0. The Labute approximate surface area is 291 Å². The van der Waals surface area contributed by atoms with Gasteiger partial charge in [0.25, 0.3) is 0 Å². The second-order valence-electron chi connectivity index (χ2n) is 13.4. The zero-order valence-electron chi connectivity index (χ0n) is 30.2. The van der Waals surface area contributed by atoms with Crippen molar-refractivity contribution < 1.29 is 39.8 Å². The summed E-state index contributed by atoms with van der Waals surface area (Å²) in [7, 11) is 0. The van der Waals surface area contributed by atoms with E-state index in [2.05, 4.69) is 43.5 Å². The summed E-state index contributed by atoms with van der Waals surface area (Å²) in [6.45, 7) is 3.66. The highest BCUT2D eigenvalue weighted by Gasteiger charge is 2.44. The molecule has 9 heteroatoms. The lowest BCUT2D eigenvalue weighted by Gasteiger charge is -2.40. The Hall–Kier alpha value is -1.59. The largest absolute Gasteiger partial charge is 0.394 e. The van der Waals surface area contributed by atoms with Gasteiger partial charge < -0.3 is 40.3 Å². The van der Waals surface area contributed by atoms with Crippen LogP contribution in [0.2, 0.25) is 0 Å². The number of nitrogens with one attached hydrogen (secondary N) is 1. The van der Waals surface area contributed by atoms with Crippen molar-refractivity contribution in [3.63, 3.8) is 0 Å². The average Bonchev–Trinajstić information content (AvgIpc) is 3.08. The number of ether oxygens (including phenoxy) is 2. The number of amides is 1. The number of allylic oxidation sites excluding steroid dienone is 5. The normalized spacial score (nSPS) is 23.0. The fourth-order valence-electron chi connectivity index (χ4n) is 5.74. The van der Waals surface area contributed by atoms with E-state index in [0.29, 0.717) is 6.42 Å². The molecule has 9 nitrogen and oxygen atoms in total. The summed E-state index contributed by atoms with van der Waals surface area (Å²) in [6, 6.07) is -0.823. The standard InChI is InChI=1S/C39H71NO8/c1-3-5-7-9-11-13-15-16-17-18-19-20-22-24-26-28-33(42)32(31-47-39-38(46)37(45)36(44)34(30-41)48-39)40-35(43)29-27-25-23-21-14-12-10-8-6-4-2/h10,12,19-20,26,28,32-34,36-39,41-42,44-46H,3-9,11,13-18,21-25,27,29-31H2,1-2H3,(H,40,43)/b12-10-,20-19+,28-26+. The minimum Gasteiger partial charge on any atom is -0.394 e. The van der Waals surface area contributed by atoms with Crippen LogP contribution in [-0.2, 0) is 14.3 Å². The Kier molecular flexibility index (Phi) is 28.0. The van der Waals surface area contributed by atoms with Gasteiger partial charge in [-0.15, -0.1) is 0 Å². The molecule has 0 radical (unpaired) electrons. The molecular weight excluding hydrogens is 610 g/mol. The molecule has 48 heavy (non-hydrogen) atoms. The van der Waals surface area contributed by atoms with Crippen LogP contribution >= 0.6 is 0 Å². The van der Waals surface area contributed by atoms with Crippen molar-refractivity contribution in [2.75, 3.05) is 13.2 Å². The van der Waals surface area contributed by atoms with E-state index in [1.54, 1.807) is 6.08 Å². The molecule has 7 unspecified atom stereocenters. The molecule has 0 aromatic rings. The summed E-state index contributed by atoms with van der Waals surface area (Å²) >= 11 is 0. The third-order valence-corrected chi connectivity index (χ3v) is 8.94. The molecule has 0 aromatic heterocycles. The predicted octanol–water partition coefficient (Wildman–Crippen LogP) is 6.55. The lowest BCUT2D eigenvalue weighted by Crippen LogP contribution is -2.60. The zero-order valence-corrected chi connectivity index (χ0v) is 30.2. The summed E-state index contributed by atoms with van der Waals surface area (Å²) in [6.07, 6.45) is 27.6. The van der Waals surface area contributed by atoms with Crippen molar-refractivity contribution in [2.45, 2.75) is 192 Å². The van der Waals surface area contributed by atoms with Gasteiger partial charge in [0.15, 0.2) is 6.29 Å². The summed E-state index contributed by atoms with van der Waals surface area (Å²) in [5.74, 6) is -0.205. The van der Waals surface area contributed by atoms with E-state index >= 15 is 0 Å². The molecular formula is C39H71NO8. The number of rotatable bonds is 30. The molecule has 1 aliphatic rings. The third kappa shape index (κ3) is 21.5. The van der Waals surface area contributed by atoms with Crippen LogP contribution in [0.3, 0.4) is 0 Å². The predicted molar refractivity (Wildman–Crippen MR) is 193 cm³/mol. The number of aliphatic hydroxyl groups excluding tert-OH is 5. The van der Waals surface area contributed by atoms with Crippen LogP contribution < -0.4 is 5.32 Å². The first kappa shape index (κ1) is 44.4. The number of unbranched alkanes of at least 4 members (excludes halogenated alkanes) is 16. The fraction of sp³-hybridized carbons (Fsp3) is 0.821. The van der Waals surface area contributed by atoms with Gasteiger partial charge in [0.2, 0.25) is 5.91 Å². The number of hydrogen-bond acceptors (Lipinski definition) is 8. The molecule has 1 saturated heterocycles. The van der Waals surface area contributed by atoms with Crippen LogP contribution in [-0.4, -0.2) is 87.5 Å². The SMILES string of the molecule is CCCC/C=C\CCCCCCC(=O)NC(COC1OC(CO)C(O)C(O)C1O)C(O)/C=C/CC/C=C/CCCCCCCCCCC. The average molecular weight is 682 g/mol. The van der Waals surface area contributed by atoms with Crippen molar-refractivity contribution in [1.82, 2.24) is 5.32 Å². The number of aliphatic hydroxyl groups is 5. The first-order chi connectivity index (χ1) is 23.3. The van der Waals surface area contributed by atoms with E-state index < -0.39 is 49.5 Å². The van der Waals surface area contributed by atoms with Gasteiger partial charge in [0.1, 0.15) is 24.4 Å². The molecule has 0 saturated carbocycles. The van der Waals surface area contributed by atoms with Crippen LogP contribution in [0.5, 0.6) is 0 Å². The number of carbonyl (C=O) groups is 1. The van der Waals surface area contributed by atoms with Gasteiger partial charge in [-0.05, 0) is 51.4 Å². The van der Waals surface area contributed by atoms with Crippen molar-refractivity contribution in [3.8, 4) is 0 Å². The Morgan fingerprint density at radius 2 is 1.21 bits per heavy atom. The quantitative estimate of drug-likeness (QED) is 0.0370. The van der Waals surface area contributed by atoms with Crippen molar-refractivity contribution in [2.24, 2.45) is 0 Å². The molecule has 0 bridgehead atoms. The summed E-state index contributed by atoms with van der Waals surface area (Å²) in [4.78, 5) is 12.8. The molecule has 0 aromatic carbocycles. The maximum absolute atomic E-state index is 12.8. The Morgan fingerprint density at radius 3 is 1.81 bits per heavy atom. The van der Waals surface area contributed by atoms with E-state index in [-0.39, 0.29) is 12.5 Å². The molecule has 1 amide bonds. The molecule has 1 aliphatic heterocycles. The molecule has 6 N–H and O–H groups in total. The van der Waals surface area contributed by atoms with Crippen LogP contribution in [0.4, 0.5) is 0 Å². The van der Waals surface area contributed by atoms with Gasteiger partial charge in [0, 0.05) is 6.42 Å². The van der Waals surface area contributed by atoms with E-state index in [4.69, 9.17) is 9.47 Å². The van der Waals surface area contributed by atoms with E-state index in [1.807, 2.05) is 6.08 Å². The molecule has 7 atom stereocenters. The lowest BCUT2D eigenvalue weighted by atomic mass is 9.99. The fourth-order valence-corrected chi connectivity index (χ4v) is 5.74. The Balaban J connectivity index is 2.50. The van der Waals surface area contributed by atoms with Gasteiger partial charge in [0.05, 0.1) is 25.4 Å². The van der Waals surface area contributed by atoms with E-state index in [9.17, 15) is 30.3 Å². The minimum absolute atomic E-state index is 0.205. The summed E-state index contributed by atoms with van der Waals surface area (Å²) < 4.78 is 11.1. The van der Waals surface area contributed by atoms with Gasteiger partial charge in [-0.1, -0.05) is 127 Å². The number of hydrogen-bond donors (Lipinski definition) is 6. The molecule has 1 rings (SSSR count). The monoisotopic (exact) mass is 682 g/mol. The van der Waals surface area contributed by atoms with Crippen molar-refractivity contribution in [1.29, 1.82) is 0 Å². The highest BCUT2D eigenvalue weighted by atomic mass is 16.7. The van der Waals surface area contributed by atoms with Crippen LogP contribution in [0.25, 0.3) is 0 Å². The Morgan fingerprint density at radius 1 is 0.688 bits per heavy atom. The second-order valence-corrected chi connectivity index (χ2v) is 13.4. The van der Waals surface area contributed by atoms with Crippen LogP contribution in [0, 0.1) is 0 Å². The number of carbonyl (C=O) groups excluding carboxylic acids is 1. The zero-order chi connectivity index (χ0) is 35.2. The molecule has 0 aliphatic carbocycles. The van der Waals surface area contributed by atoms with Gasteiger partial charge in [-0.25, -0.2) is 0 Å². The smallest absolute Gasteiger partial charge is 0.220 e. The minimum atomic E-state index is -1.57.